The molecule has 0 aliphatic heterocycles. The van der Waals surface area contributed by atoms with Crippen molar-refractivity contribution < 1.29 is 26.9 Å². The van der Waals surface area contributed by atoms with Gasteiger partial charge in [-0.1, -0.05) is 12.1 Å². The molecule has 0 aromatic heterocycles. The summed E-state index contributed by atoms with van der Waals surface area (Å²) < 4.78 is 36.4. The van der Waals surface area contributed by atoms with Crippen LogP contribution in [0.15, 0.2) is 24.3 Å². The van der Waals surface area contributed by atoms with Gasteiger partial charge in [-0.05, 0) is 37.5 Å². The van der Waals surface area contributed by atoms with Crippen molar-refractivity contribution >= 4 is 16.1 Å². The number of aryl methyl sites for hydroxylation is 1. The van der Waals surface area contributed by atoms with Crippen LogP contribution < -0.4 is 4.74 Å². The minimum atomic E-state index is -3.39. The maximum atomic E-state index is 11.3. The highest BCUT2D eigenvalue weighted by molar-refractivity contribution is 7.85. The summed E-state index contributed by atoms with van der Waals surface area (Å²) in [5, 5.41) is 0. The average Bonchev–Trinajstić information content (AvgIpc) is 2.42. The number of carbonyl (C=O) groups excluding carboxylic acids is 1. The zero-order chi connectivity index (χ0) is 15.9. The van der Waals surface area contributed by atoms with Gasteiger partial charge in [-0.15, -0.1) is 0 Å². The topological polar surface area (TPSA) is 78.9 Å². The fourth-order valence-corrected chi connectivity index (χ4v) is 2.10. The summed E-state index contributed by atoms with van der Waals surface area (Å²) in [7, 11) is -2.09. The van der Waals surface area contributed by atoms with Crippen LogP contribution >= 0.6 is 0 Å². The Balaban J connectivity index is 2.50. The van der Waals surface area contributed by atoms with Crippen molar-refractivity contribution in [3.05, 3.63) is 29.8 Å². The molecule has 1 rings (SSSR count). The molecule has 0 amide bonds. The molecule has 0 saturated heterocycles. The number of carbonyl (C=O) groups is 1. The van der Waals surface area contributed by atoms with Gasteiger partial charge in [0.25, 0.3) is 10.1 Å². The molecule has 0 aliphatic rings. The van der Waals surface area contributed by atoms with Crippen molar-refractivity contribution in [2.75, 3.05) is 20.0 Å². The van der Waals surface area contributed by atoms with E-state index in [9.17, 15) is 13.2 Å². The van der Waals surface area contributed by atoms with Crippen LogP contribution in [0.5, 0.6) is 5.75 Å². The van der Waals surface area contributed by atoms with E-state index < -0.39 is 22.2 Å². The third-order valence-electron chi connectivity index (χ3n) is 2.65. The zero-order valence-corrected chi connectivity index (χ0v) is 13.2. The molecule has 7 heteroatoms. The number of rotatable bonds is 8. The summed E-state index contributed by atoms with van der Waals surface area (Å²) in [4.78, 5) is 11.3. The highest BCUT2D eigenvalue weighted by Gasteiger charge is 2.14. The number of esters is 1. The Morgan fingerprint density at radius 1 is 1.33 bits per heavy atom. The highest BCUT2D eigenvalue weighted by Crippen LogP contribution is 2.16. The van der Waals surface area contributed by atoms with Gasteiger partial charge in [0, 0.05) is 0 Å². The molecule has 1 aromatic carbocycles. The lowest BCUT2D eigenvalue weighted by molar-refractivity contribution is -0.147. The van der Waals surface area contributed by atoms with Crippen molar-refractivity contribution in [1.29, 1.82) is 0 Å². The summed E-state index contributed by atoms with van der Waals surface area (Å²) in [5.41, 5.74) is 0.974. The van der Waals surface area contributed by atoms with E-state index in [-0.39, 0.29) is 6.61 Å². The standard InChI is InChI=1S/C14H20O6S/c1-11(14(15)18-2)20-13-8-4-6-12(10-13)7-5-9-19-21(3,16)17/h4,6,8,10-11H,5,7,9H2,1-3H3/t11-/m0/s1. The van der Waals surface area contributed by atoms with Gasteiger partial charge in [-0.3, -0.25) is 4.18 Å². The van der Waals surface area contributed by atoms with E-state index in [1.54, 1.807) is 19.1 Å². The van der Waals surface area contributed by atoms with E-state index in [0.717, 1.165) is 11.8 Å². The Hall–Kier alpha value is -1.60. The zero-order valence-electron chi connectivity index (χ0n) is 12.4. The molecule has 0 spiro atoms. The van der Waals surface area contributed by atoms with E-state index in [0.29, 0.717) is 18.6 Å². The van der Waals surface area contributed by atoms with Crippen LogP contribution in [0.3, 0.4) is 0 Å². The summed E-state index contributed by atoms with van der Waals surface area (Å²) in [6.45, 7) is 1.75. The molecule has 0 heterocycles. The second-order valence-corrected chi connectivity index (χ2v) is 6.20. The molecular weight excluding hydrogens is 296 g/mol. The van der Waals surface area contributed by atoms with E-state index in [4.69, 9.17) is 4.74 Å². The third kappa shape index (κ3) is 7.10. The SMILES string of the molecule is COC(=O)[C@H](C)Oc1cccc(CCCOS(C)(=O)=O)c1. The van der Waals surface area contributed by atoms with Crippen molar-refractivity contribution in [2.45, 2.75) is 25.9 Å². The Kier molecular flexibility index (Phi) is 6.64. The van der Waals surface area contributed by atoms with Gasteiger partial charge in [0.1, 0.15) is 5.75 Å². The number of hydrogen-bond acceptors (Lipinski definition) is 6. The maximum absolute atomic E-state index is 11.3. The lowest BCUT2D eigenvalue weighted by Crippen LogP contribution is -2.24. The number of benzene rings is 1. The Morgan fingerprint density at radius 2 is 2.05 bits per heavy atom. The van der Waals surface area contributed by atoms with E-state index >= 15 is 0 Å². The molecule has 21 heavy (non-hydrogen) atoms. The fourth-order valence-electron chi connectivity index (χ4n) is 1.68. The molecule has 1 atom stereocenters. The summed E-state index contributed by atoms with van der Waals surface area (Å²) in [6.07, 6.45) is 1.57. The van der Waals surface area contributed by atoms with Crippen LogP contribution in [0.2, 0.25) is 0 Å². The monoisotopic (exact) mass is 316 g/mol. The fraction of sp³-hybridized carbons (Fsp3) is 0.500. The maximum Gasteiger partial charge on any atom is 0.346 e. The molecule has 118 valence electrons. The van der Waals surface area contributed by atoms with Crippen LogP contribution in [0.4, 0.5) is 0 Å². The normalized spacial score (nSPS) is 12.7. The Bertz CT molecular complexity index is 567. The first-order valence-electron chi connectivity index (χ1n) is 6.49. The van der Waals surface area contributed by atoms with Crippen LogP contribution in [0, 0.1) is 0 Å². The van der Waals surface area contributed by atoms with Crippen LogP contribution in [0.1, 0.15) is 18.9 Å². The highest BCUT2D eigenvalue weighted by atomic mass is 32.2. The van der Waals surface area contributed by atoms with Gasteiger partial charge in [-0.25, -0.2) is 4.79 Å². The molecule has 0 unspecified atom stereocenters. The minimum absolute atomic E-state index is 0.141. The summed E-state index contributed by atoms with van der Waals surface area (Å²) >= 11 is 0. The van der Waals surface area contributed by atoms with Gasteiger partial charge in [-0.2, -0.15) is 8.42 Å². The average molecular weight is 316 g/mol. The van der Waals surface area contributed by atoms with E-state index in [1.807, 2.05) is 12.1 Å². The first kappa shape index (κ1) is 17.5. The van der Waals surface area contributed by atoms with E-state index in [2.05, 4.69) is 8.92 Å². The van der Waals surface area contributed by atoms with Crippen LogP contribution in [0.25, 0.3) is 0 Å². The molecular formula is C14H20O6S. The van der Waals surface area contributed by atoms with Crippen molar-refractivity contribution in [3.8, 4) is 5.75 Å². The molecule has 0 fully saturated rings. The third-order valence-corrected chi connectivity index (χ3v) is 3.25. The first-order valence-corrected chi connectivity index (χ1v) is 8.31. The summed E-state index contributed by atoms with van der Waals surface area (Å²) in [6, 6.07) is 7.26. The van der Waals surface area contributed by atoms with Crippen LogP contribution in [-0.2, 0) is 30.3 Å². The predicted octanol–water partition coefficient (Wildman–Crippen LogP) is 1.54. The molecule has 6 nitrogen and oxygen atoms in total. The van der Waals surface area contributed by atoms with Gasteiger partial charge in [0.2, 0.25) is 0 Å². The number of ether oxygens (including phenoxy) is 2. The number of methoxy groups -OCH3 is 1. The van der Waals surface area contributed by atoms with Gasteiger partial charge in [0.05, 0.1) is 20.0 Å². The second-order valence-electron chi connectivity index (χ2n) is 4.56. The second kappa shape index (κ2) is 7.99. The lowest BCUT2D eigenvalue weighted by atomic mass is 10.1. The minimum Gasteiger partial charge on any atom is -0.479 e. The predicted molar refractivity (Wildman–Crippen MR) is 77.7 cm³/mol. The van der Waals surface area contributed by atoms with Gasteiger partial charge >= 0.3 is 5.97 Å². The summed E-state index contributed by atoms with van der Waals surface area (Å²) in [5.74, 6) is 0.122. The van der Waals surface area contributed by atoms with Crippen molar-refractivity contribution in [3.63, 3.8) is 0 Å². The smallest absolute Gasteiger partial charge is 0.346 e. The Morgan fingerprint density at radius 3 is 2.67 bits per heavy atom. The molecule has 0 radical (unpaired) electrons. The molecule has 0 bridgehead atoms. The van der Waals surface area contributed by atoms with Crippen molar-refractivity contribution in [1.82, 2.24) is 0 Å². The molecule has 0 aliphatic carbocycles. The lowest BCUT2D eigenvalue weighted by Gasteiger charge is -2.13. The van der Waals surface area contributed by atoms with Gasteiger partial charge < -0.3 is 9.47 Å². The Labute approximate surface area is 125 Å². The van der Waals surface area contributed by atoms with Crippen LogP contribution in [-0.4, -0.2) is 40.5 Å². The quantitative estimate of drug-likeness (QED) is 0.411. The largest absolute Gasteiger partial charge is 0.479 e. The van der Waals surface area contributed by atoms with Crippen molar-refractivity contribution in [2.24, 2.45) is 0 Å². The molecule has 1 aromatic rings. The molecule has 0 N–H and O–H groups in total. The van der Waals surface area contributed by atoms with E-state index in [1.165, 1.54) is 7.11 Å². The first-order chi connectivity index (χ1) is 9.81. The van der Waals surface area contributed by atoms with Gasteiger partial charge in [0.15, 0.2) is 6.10 Å². The number of hydrogen-bond donors (Lipinski definition) is 0. The molecule has 0 saturated carbocycles.